The number of hydrogen-bond acceptors (Lipinski definition) is 16. The standard InChI is InChI=1S/C21H18F3N5O2S.C21H20F3N3O2S.C14H16F3N3OS/c1-20(23,24)17-14-9-32-19(25)29-21(14,10-31-17)13-7-11(3-5-15(13)22)28-18(30)16-6-4-12(26-2)8-27-16;1-20(23,24)17-15-10-30-19(26-18(28)12-5-3-2-4-6-12)27-21(15,11-29-17)14-9-13(25)7-8-16(14)22;1-13(16,17)11-9-5-22-12(19)20-14(9,6-21-11)8-4-7(18)2-3-10(8)15/h3-8,14,17H,9-10H2,1H3,(H2,25,29)(H,28,30);2-9,15,17H,10-11,25H2,1H3,(H,26,27,28);2-4,9,11H,5-6,18H2,1H3,(H2,19,20)/t14-,17+,21-;15-,17+,21-;9-,11+,14-/m111/s1. The second-order valence-electron chi connectivity index (χ2n) is 20.9. The van der Waals surface area contributed by atoms with Crippen LogP contribution in [0.3, 0.4) is 0 Å². The molecule has 10 N–H and O–H groups in total. The molecule has 0 saturated carbocycles. The van der Waals surface area contributed by atoms with Gasteiger partial charge >= 0.3 is 0 Å². The van der Waals surface area contributed by atoms with Gasteiger partial charge in [0.25, 0.3) is 29.6 Å². The lowest BCUT2D eigenvalue weighted by atomic mass is 9.77. The van der Waals surface area contributed by atoms with Crippen molar-refractivity contribution in [3.05, 3.63) is 160 Å². The van der Waals surface area contributed by atoms with Gasteiger partial charge in [-0.2, -0.15) is 0 Å². The third kappa shape index (κ3) is 12.4. The third-order valence-corrected chi connectivity index (χ3v) is 17.8. The molecule has 4 aromatic carbocycles. The molecular weight excluding hydrogens is 1170 g/mol. The summed E-state index contributed by atoms with van der Waals surface area (Å²) in [6.07, 6.45) is -2.95. The van der Waals surface area contributed by atoms with Crippen molar-refractivity contribution >= 4 is 85.4 Å². The van der Waals surface area contributed by atoms with Crippen LogP contribution in [0.2, 0.25) is 0 Å². The zero-order chi connectivity index (χ0) is 60.7. The minimum absolute atomic E-state index is 0.0200. The normalized spacial score (nSPS) is 27.1. The van der Waals surface area contributed by atoms with Crippen LogP contribution in [-0.4, -0.2) is 105 Å². The molecule has 0 radical (unpaired) electrons. The molecule has 6 aliphatic heterocycles. The first-order valence-corrected chi connectivity index (χ1v) is 28.6. The predicted molar refractivity (Wildman–Crippen MR) is 305 cm³/mol. The van der Waals surface area contributed by atoms with Gasteiger partial charge in [-0.05, 0) is 72.8 Å². The number of amides is 2. The second kappa shape index (κ2) is 23.8. The number of nitrogens with two attached hydrogens (primary N) is 4. The molecule has 16 nitrogen and oxygen atoms in total. The number of halogens is 9. The number of anilines is 3. The first-order chi connectivity index (χ1) is 39.6. The van der Waals surface area contributed by atoms with E-state index in [1.165, 1.54) is 78.6 Å². The number of ether oxygens (including phenoxy) is 3. The molecular formula is C56H54F9N11O5S3. The van der Waals surface area contributed by atoms with Crippen molar-refractivity contribution < 1.29 is 63.3 Å². The Morgan fingerprint density at radius 1 is 0.583 bits per heavy atom. The quantitative estimate of drug-likeness (QED) is 0.0458. The van der Waals surface area contributed by atoms with E-state index in [2.05, 4.69) is 35.4 Å². The summed E-state index contributed by atoms with van der Waals surface area (Å²) in [6.45, 7) is 8.64. The summed E-state index contributed by atoms with van der Waals surface area (Å²) in [5.41, 5.74) is 21.0. The van der Waals surface area contributed by atoms with Crippen molar-refractivity contribution in [2.45, 2.75) is 73.5 Å². The number of thioether (sulfide) groups is 3. The number of nitrogens with one attached hydrogen (secondary N) is 2. The predicted octanol–water partition coefficient (Wildman–Crippen LogP) is 10.1. The molecule has 7 heterocycles. The number of aliphatic imine (C=N–C) groups is 3. The van der Waals surface area contributed by atoms with Gasteiger partial charge in [0, 0.05) is 101 Å². The van der Waals surface area contributed by atoms with Crippen LogP contribution >= 0.6 is 35.3 Å². The number of nitrogens with zero attached hydrogens (tertiary/aromatic N) is 5. The summed E-state index contributed by atoms with van der Waals surface area (Å²) in [6, 6.07) is 23.2. The molecule has 0 aliphatic carbocycles. The van der Waals surface area contributed by atoms with Crippen LogP contribution in [0.5, 0.6) is 0 Å². The van der Waals surface area contributed by atoms with Crippen LogP contribution < -0.4 is 33.6 Å². The maximum Gasteiger partial charge on any atom is 0.274 e. The van der Waals surface area contributed by atoms with Crippen molar-refractivity contribution in [1.82, 2.24) is 10.3 Å². The van der Waals surface area contributed by atoms with Crippen molar-refractivity contribution in [3.63, 3.8) is 0 Å². The molecule has 3 saturated heterocycles. The lowest BCUT2D eigenvalue weighted by Gasteiger charge is -2.37. The fourth-order valence-electron chi connectivity index (χ4n) is 11.1. The minimum Gasteiger partial charge on any atom is -0.399 e. The summed E-state index contributed by atoms with van der Waals surface area (Å²) in [5, 5.41) is 5.94. The summed E-state index contributed by atoms with van der Waals surface area (Å²) < 4.78 is 145. The Labute approximate surface area is 488 Å². The van der Waals surface area contributed by atoms with Gasteiger partial charge in [0.05, 0.1) is 26.4 Å². The lowest BCUT2D eigenvalue weighted by molar-refractivity contribution is -0.113. The van der Waals surface area contributed by atoms with E-state index in [0.29, 0.717) is 11.3 Å². The molecule has 5 aromatic rings. The van der Waals surface area contributed by atoms with E-state index in [1.54, 1.807) is 30.3 Å². The average Bonchev–Trinajstić information content (AvgIpc) is 1.75. The van der Waals surface area contributed by atoms with Gasteiger partial charge in [-0.3, -0.25) is 14.6 Å². The fourth-order valence-corrected chi connectivity index (χ4v) is 14.3. The number of carbonyl (C=O) groups is 2. The van der Waals surface area contributed by atoms with E-state index in [1.807, 2.05) is 0 Å². The van der Waals surface area contributed by atoms with Crippen molar-refractivity contribution in [3.8, 4) is 0 Å². The number of hydrogen-bond donors (Lipinski definition) is 6. The van der Waals surface area contributed by atoms with Gasteiger partial charge < -0.3 is 47.8 Å². The van der Waals surface area contributed by atoms with Gasteiger partial charge in [0.1, 0.15) is 58.1 Å². The highest BCUT2D eigenvalue weighted by Crippen LogP contribution is 2.55. The Morgan fingerprint density at radius 3 is 1.46 bits per heavy atom. The van der Waals surface area contributed by atoms with Gasteiger partial charge in [0.15, 0.2) is 15.5 Å². The van der Waals surface area contributed by atoms with Crippen LogP contribution in [0.1, 0.15) is 58.3 Å². The fraction of sp³-hybridized carbons (Fsp3) is 0.375. The van der Waals surface area contributed by atoms with E-state index in [9.17, 15) is 49.1 Å². The number of carbonyl (C=O) groups excluding carboxylic acids is 2. The molecule has 2 amide bonds. The molecule has 6 aliphatic rings. The molecule has 444 valence electrons. The van der Waals surface area contributed by atoms with Gasteiger partial charge in [-0.15, -0.1) is 0 Å². The minimum atomic E-state index is -3.15. The summed E-state index contributed by atoms with van der Waals surface area (Å²) in [5.74, 6) is -13.8. The number of aromatic nitrogens is 1. The van der Waals surface area contributed by atoms with Crippen LogP contribution in [0.25, 0.3) is 4.85 Å². The molecule has 0 bridgehead atoms. The van der Waals surface area contributed by atoms with E-state index in [-0.39, 0.29) is 97.9 Å². The molecule has 28 heteroatoms. The molecule has 0 spiro atoms. The third-order valence-electron chi connectivity index (χ3n) is 15.0. The van der Waals surface area contributed by atoms with Gasteiger partial charge in [-0.1, -0.05) is 59.6 Å². The Bertz CT molecular complexity index is 3460. The summed E-state index contributed by atoms with van der Waals surface area (Å²) in [4.78, 5) is 45.5. The number of alkyl halides is 6. The topological polar surface area (TPSA) is 244 Å². The monoisotopic (exact) mass is 1230 g/mol. The molecule has 0 unspecified atom stereocenters. The number of benzene rings is 4. The number of rotatable bonds is 9. The maximum atomic E-state index is 15.0. The number of fused-ring (bicyclic) bond motifs is 3. The zero-order valence-electron chi connectivity index (χ0n) is 44.7. The highest BCUT2D eigenvalue weighted by molar-refractivity contribution is 8.14. The van der Waals surface area contributed by atoms with Crippen molar-refractivity contribution in [1.29, 1.82) is 0 Å². The number of nitrogen functional groups attached to an aromatic ring is 2. The van der Waals surface area contributed by atoms with Crippen LogP contribution in [-0.2, 0) is 30.8 Å². The highest BCUT2D eigenvalue weighted by Gasteiger charge is 2.62. The molecule has 84 heavy (non-hydrogen) atoms. The Hall–Kier alpha value is -7.03. The largest absolute Gasteiger partial charge is 0.399 e. The number of amidine groups is 3. The highest BCUT2D eigenvalue weighted by atomic mass is 32.2. The molecule has 3 fully saturated rings. The smallest absolute Gasteiger partial charge is 0.274 e. The van der Waals surface area contributed by atoms with Gasteiger partial charge in [-0.25, -0.2) is 59.3 Å². The van der Waals surface area contributed by atoms with Crippen molar-refractivity contribution in [2.75, 3.05) is 53.9 Å². The van der Waals surface area contributed by atoms with E-state index in [0.717, 1.165) is 50.4 Å². The first-order valence-electron chi connectivity index (χ1n) is 25.7. The van der Waals surface area contributed by atoms with E-state index < -0.39 is 93.8 Å². The van der Waals surface area contributed by atoms with Crippen LogP contribution in [0.15, 0.2) is 118 Å². The Morgan fingerprint density at radius 2 is 1.02 bits per heavy atom. The summed E-state index contributed by atoms with van der Waals surface area (Å²) in [7, 11) is 0. The Kier molecular flexibility index (Phi) is 17.4. The van der Waals surface area contributed by atoms with E-state index in [4.69, 9.17) is 43.7 Å². The van der Waals surface area contributed by atoms with Gasteiger partial charge in [0.2, 0.25) is 5.69 Å². The first kappa shape index (κ1) is 61.5. The summed E-state index contributed by atoms with van der Waals surface area (Å²) >= 11 is 3.44. The van der Waals surface area contributed by atoms with Crippen LogP contribution in [0, 0.1) is 41.8 Å². The zero-order valence-corrected chi connectivity index (χ0v) is 47.2. The lowest BCUT2D eigenvalue weighted by Crippen LogP contribution is -2.47. The second-order valence-corrected chi connectivity index (χ2v) is 24.0. The van der Waals surface area contributed by atoms with E-state index >= 15 is 0 Å². The molecule has 11 rings (SSSR count). The molecule has 9 atom stereocenters. The Balaban J connectivity index is 0.000000154. The molecule has 1 aromatic heterocycles. The van der Waals surface area contributed by atoms with Crippen molar-refractivity contribution in [2.24, 2.45) is 44.2 Å². The van der Waals surface area contributed by atoms with Crippen LogP contribution in [0.4, 0.5) is 62.3 Å². The number of pyridine rings is 1. The maximum absolute atomic E-state index is 15.0. The average molecular weight is 1230 g/mol. The SMILES string of the molecule is CC(F)(F)[C@H]1OC[C@]2(c3cc(N)ccc3F)N=C(N)SC[C@H]12.CC(F)(F)[C@H]1OC[C@]2(c3cc(N)ccc3F)N=C(NC(=O)c3ccccc3)SC[C@H]12.[C-]#[N+]c1ccc(C(=O)Nc2ccc(F)c([C@]34CO[C@H](C(C)(F)F)[C@H]3CSC(N)=N4)c2)nc1.